The first-order valence-electron chi connectivity index (χ1n) is 10.0. The van der Waals surface area contributed by atoms with Gasteiger partial charge < -0.3 is 14.7 Å². The van der Waals surface area contributed by atoms with E-state index in [1.54, 1.807) is 0 Å². The second-order valence-corrected chi connectivity index (χ2v) is 7.98. The summed E-state index contributed by atoms with van der Waals surface area (Å²) in [6.07, 6.45) is 3.05. The van der Waals surface area contributed by atoms with Gasteiger partial charge >= 0.3 is 0 Å². The number of rotatable bonds is 6. The minimum Gasteiger partial charge on any atom is -0.339 e. The van der Waals surface area contributed by atoms with Crippen molar-refractivity contribution in [2.75, 3.05) is 52.2 Å². The Bertz CT molecular complexity index is 939. The van der Waals surface area contributed by atoms with Gasteiger partial charge in [0, 0.05) is 44.0 Å². The van der Waals surface area contributed by atoms with Crippen LogP contribution in [0.1, 0.15) is 6.42 Å². The molecular formula is C23H29N5. The predicted molar refractivity (Wildman–Crippen MR) is 117 cm³/mol. The van der Waals surface area contributed by atoms with Crippen LogP contribution in [0.2, 0.25) is 0 Å². The van der Waals surface area contributed by atoms with Crippen molar-refractivity contribution in [1.82, 2.24) is 19.8 Å². The zero-order valence-electron chi connectivity index (χ0n) is 17.0. The second-order valence-electron chi connectivity index (χ2n) is 7.98. The highest BCUT2D eigenvalue weighted by molar-refractivity contribution is 5.86. The van der Waals surface area contributed by atoms with E-state index in [1.165, 1.54) is 10.8 Å². The molecule has 1 aromatic heterocycles. The van der Waals surface area contributed by atoms with Gasteiger partial charge in [0.15, 0.2) is 0 Å². The summed E-state index contributed by atoms with van der Waals surface area (Å²) in [5.74, 6) is 0.842. The van der Waals surface area contributed by atoms with Crippen LogP contribution in [-0.2, 0) is 0 Å². The molecule has 0 spiro atoms. The molecule has 1 aliphatic rings. The van der Waals surface area contributed by atoms with Gasteiger partial charge in [0.05, 0.1) is 5.69 Å². The third-order valence-electron chi connectivity index (χ3n) is 5.66. The monoisotopic (exact) mass is 375 g/mol. The number of anilines is 1. The molecule has 0 unspecified atom stereocenters. The first-order valence-corrected chi connectivity index (χ1v) is 10.0. The summed E-state index contributed by atoms with van der Waals surface area (Å²) in [5.41, 5.74) is 2.13. The largest absolute Gasteiger partial charge is 0.339 e. The van der Waals surface area contributed by atoms with Crippen molar-refractivity contribution in [3.8, 4) is 11.3 Å². The molecule has 0 aliphatic carbocycles. The van der Waals surface area contributed by atoms with Gasteiger partial charge in [-0.2, -0.15) is 0 Å². The maximum absolute atomic E-state index is 4.89. The molecule has 2 aromatic carbocycles. The van der Waals surface area contributed by atoms with E-state index in [4.69, 9.17) is 4.98 Å². The van der Waals surface area contributed by atoms with Gasteiger partial charge in [-0.3, -0.25) is 0 Å². The Labute approximate surface area is 167 Å². The lowest BCUT2D eigenvalue weighted by atomic mass is 10.1. The molecule has 0 saturated carbocycles. The van der Waals surface area contributed by atoms with Crippen LogP contribution in [0.3, 0.4) is 0 Å². The van der Waals surface area contributed by atoms with Crippen LogP contribution in [-0.4, -0.2) is 73.1 Å². The number of fused-ring (bicyclic) bond motifs is 1. The normalized spacial score (nSPS) is 17.2. The fourth-order valence-electron chi connectivity index (χ4n) is 3.83. The second kappa shape index (κ2) is 8.25. The fraction of sp³-hybridized carbons (Fsp3) is 0.391. The van der Waals surface area contributed by atoms with Gasteiger partial charge in [0.2, 0.25) is 5.95 Å². The van der Waals surface area contributed by atoms with Crippen LogP contribution < -0.4 is 4.90 Å². The van der Waals surface area contributed by atoms with Gasteiger partial charge in [-0.05, 0) is 50.5 Å². The molecule has 1 aliphatic heterocycles. The van der Waals surface area contributed by atoms with Crippen molar-refractivity contribution in [2.45, 2.75) is 12.5 Å². The Kier molecular flexibility index (Phi) is 5.55. The molecule has 4 rings (SSSR count). The third-order valence-corrected chi connectivity index (χ3v) is 5.66. The molecule has 0 N–H and O–H groups in total. The molecule has 5 heteroatoms. The van der Waals surface area contributed by atoms with Crippen molar-refractivity contribution >= 4 is 16.7 Å². The highest BCUT2D eigenvalue weighted by Gasteiger charge is 2.27. The Balaban J connectivity index is 1.49. The zero-order valence-corrected chi connectivity index (χ0v) is 17.0. The lowest BCUT2D eigenvalue weighted by molar-refractivity contribution is 0.229. The van der Waals surface area contributed by atoms with Crippen LogP contribution >= 0.6 is 0 Å². The van der Waals surface area contributed by atoms with Gasteiger partial charge in [0.1, 0.15) is 0 Å². The van der Waals surface area contributed by atoms with Gasteiger partial charge in [-0.15, -0.1) is 0 Å². The van der Waals surface area contributed by atoms with Crippen molar-refractivity contribution in [2.24, 2.45) is 0 Å². The SMILES string of the molecule is CN(C)CCN(C)[C@@H]1CCN(c2nccc(-c3ccc4ccccc4c3)n2)C1. The molecule has 1 saturated heterocycles. The number of aromatic nitrogens is 2. The summed E-state index contributed by atoms with van der Waals surface area (Å²) < 4.78 is 0. The lowest BCUT2D eigenvalue weighted by Gasteiger charge is -2.26. The van der Waals surface area contributed by atoms with Crippen LogP contribution in [0, 0.1) is 0 Å². The summed E-state index contributed by atoms with van der Waals surface area (Å²) in [6.45, 7) is 4.17. The minimum absolute atomic E-state index is 0.563. The van der Waals surface area contributed by atoms with Crippen LogP contribution in [0.25, 0.3) is 22.0 Å². The van der Waals surface area contributed by atoms with E-state index in [-0.39, 0.29) is 0 Å². The number of benzene rings is 2. The number of hydrogen-bond donors (Lipinski definition) is 0. The summed E-state index contributed by atoms with van der Waals surface area (Å²) >= 11 is 0. The molecule has 1 atom stereocenters. The number of nitrogens with zero attached hydrogens (tertiary/aromatic N) is 5. The Morgan fingerprint density at radius 2 is 1.82 bits per heavy atom. The van der Waals surface area contributed by atoms with E-state index >= 15 is 0 Å². The molecule has 0 radical (unpaired) electrons. The summed E-state index contributed by atoms with van der Waals surface area (Å²) in [6, 6.07) is 17.5. The third kappa shape index (κ3) is 4.16. The summed E-state index contributed by atoms with van der Waals surface area (Å²) in [5, 5.41) is 2.49. The lowest BCUT2D eigenvalue weighted by Crippen LogP contribution is -2.38. The molecule has 0 amide bonds. The quantitative estimate of drug-likeness (QED) is 0.660. The molecular weight excluding hydrogens is 346 g/mol. The Morgan fingerprint density at radius 1 is 1.00 bits per heavy atom. The zero-order chi connectivity index (χ0) is 19.5. The average Bonchev–Trinajstić information content (AvgIpc) is 3.22. The maximum atomic E-state index is 4.89. The highest BCUT2D eigenvalue weighted by atomic mass is 15.3. The van der Waals surface area contributed by atoms with E-state index in [9.17, 15) is 0 Å². The topological polar surface area (TPSA) is 35.5 Å². The van der Waals surface area contributed by atoms with E-state index in [0.29, 0.717) is 6.04 Å². The van der Waals surface area contributed by atoms with Gasteiger partial charge in [0.25, 0.3) is 0 Å². The number of hydrogen-bond acceptors (Lipinski definition) is 5. The molecule has 146 valence electrons. The van der Waals surface area contributed by atoms with E-state index in [0.717, 1.165) is 49.8 Å². The van der Waals surface area contributed by atoms with Crippen molar-refractivity contribution in [1.29, 1.82) is 0 Å². The molecule has 28 heavy (non-hydrogen) atoms. The van der Waals surface area contributed by atoms with Gasteiger partial charge in [-0.25, -0.2) is 9.97 Å². The van der Waals surface area contributed by atoms with Gasteiger partial charge in [-0.1, -0.05) is 36.4 Å². The smallest absolute Gasteiger partial charge is 0.225 e. The van der Waals surface area contributed by atoms with Crippen LogP contribution in [0.15, 0.2) is 54.7 Å². The van der Waals surface area contributed by atoms with Crippen molar-refractivity contribution < 1.29 is 0 Å². The van der Waals surface area contributed by atoms with E-state index in [1.807, 2.05) is 12.3 Å². The van der Waals surface area contributed by atoms with Crippen molar-refractivity contribution in [3.05, 3.63) is 54.7 Å². The van der Waals surface area contributed by atoms with Crippen molar-refractivity contribution in [3.63, 3.8) is 0 Å². The fourth-order valence-corrected chi connectivity index (χ4v) is 3.83. The molecule has 3 aromatic rings. The standard InChI is InChI=1S/C23H29N5/c1-26(2)14-15-27(3)21-11-13-28(17-21)23-24-12-10-22(25-23)20-9-8-18-6-4-5-7-19(18)16-20/h4-10,12,16,21H,11,13-15,17H2,1-3H3/t21-/m1/s1. The molecule has 2 heterocycles. The molecule has 0 bridgehead atoms. The summed E-state index contributed by atoms with van der Waals surface area (Å²) in [4.78, 5) is 16.5. The summed E-state index contributed by atoms with van der Waals surface area (Å²) in [7, 11) is 6.48. The Hall–Kier alpha value is -2.50. The maximum Gasteiger partial charge on any atom is 0.225 e. The predicted octanol–water partition coefficient (Wildman–Crippen LogP) is 3.37. The van der Waals surface area contributed by atoms with Crippen LogP contribution in [0.4, 0.5) is 5.95 Å². The first-order chi connectivity index (χ1) is 13.6. The first kappa shape index (κ1) is 18.8. The Morgan fingerprint density at radius 3 is 2.64 bits per heavy atom. The van der Waals surface area contributed by atoms with Crippen LogP contribution in [0.5, 0.6) is 0 Å². The minimum atomic E-state index is 0.563. The molecule has 1 fully saturated rings. The highest BCUT2D eigenvalue weighted by Crippen LogP contribution is 2.25. The average molecular weight is 376 g/mol. The van der Waals surface area contributed by atoms with E-state index < -0.39 is 0 Å². The van der Waals surface area contributed by atoms with E-state index in [2.05, 4.69) is 83.3 Å². The number of likely N-dealkylation sites (N-methyl/N-ethyl adjacent to an activating group) is 2. The molecule has 5 nitrogen and oxygen atoms in total.